The summed E-state index contributed by atoms with van der Waals surface area (Å²) < 4.78 is 5.56. The van der Waals surface area contributed by atoms with Crippen LogP contribution in [0.5, 0.6) is 0 Å². The van der Waals surface area contributed by atoms with Gasteiger partial charge in [-0.15, -0.1) is 0 Å². The van der Waals surface area contributed by atoms with Gasteiger partial charge >= 0.3 is 0 Å². The largest absolute Gasteiger partial charge is 0.381 e. The zero-order valence-corrected chi connectivity index (χ0v) is 10.9. The van der Waals surface area contributed by atoms with Crippen molar-refractivity contribution in [3.05, 3.63) is 42.1 Å². The highest BCUT2D eigenvalue weighted by molar-refractivity contribution is 5.79. The molecule has 2 unspecified atom stereocenters. The van der Waals surface area contributed by atoms with Crippen LogP contribution in [0.4, 0.5) is 0 Å². The molecule has 1 aromatic heterocycles. The summed E-state index contributed by atoms with van der Waals surface area (Å²) in [5.74, 6) is 6.18. The smallest absolute Gasteiger partial charge is 0.0705 e. The zero-order chi connectivity index (χ0) is 13.1. The van der Waals surface area contributed by atoms with E-state index in [2.05, 4.69) is 34.7 Å². The number of nitrogens with zero attached hydrogens (tertiary/aromatic N) is 1. The van der Waals surface area contributed by atoms with Crippen molar-refractivity contribution < 1.29 is 4.74 Å². The average Bonchev–Trinajstić information content (AvgIpc) is 2.49. The van der Waals surface area contributed by atoms with Crippen molar-refractivity contribution in [2.45, 2.75) is 18.9 Å². The van der Waals surface area contributed by atoms with Gasteiger partial charge in [0.15, 0.2) is 0 Å². The van der Waals surface area contributed by atoms with Crippen LogP contribution < -0.4 is 11.3 Å². The van der Waals surface area contributed by atoms with Crippen LogP contribution in [0.2, 0.25) is 0 Å². The van der Waals surface area contributed by atoms with Gasteiger partial charge in [0, 0.05) is 24.1 Å². The van der Waals surface area contributed by atoms with Crippen LogP contribution in [0.3, 0.4) is 0 Å². The van der Waals surface area contributed by atoms with E-state index in [0.717, 1.165) is 37.0 Å². The maximum atomic E-state index is 5.75. The van der Waals surface area contributed by atoms with Gasteiger partial charge in [0.2, 0.25) is 0 Å². The van der Waals surface area contributed by atoms with Gasteiger partial charge in [-0.1, -0.05) is 18.2 Å². The number of aromatic nitrogens is 1. The summed E-state index contributed by atoms with van der Waals surface area (Å²) in [6, 6.07) is 10.5. The molecule has 3 rings (SSSR count). The Hall–Kier alpha value is -1.49. The summed E-state index contributed by atoms with van der Waals surface area (Å²) in [5.41, 5.74) is 5.14. The van der Waals surface area contributed by atoms with Gasteiger partial charge in [-0.25, -0.2) is 0 Å². The number of ether oxygens (including phenoxy) is 1. The lowest BCUT2D eigenvalue weighted by molar-refractivity contribution is 0.0390. The molecule has 4 heteroatoms. The fourth-order valence-electron chi connectivity index (χ4n) is 2.81. The molecule has 4 nitrogen and oxygen atoms in total. The lowest BCUT2D eigenvalue weighted by Crippen LogP contribution is -2.37. The van der Waals surface area contributed by atoms with Gasteiger partial charge in [0.05, 0.1) is 18.2 Å². The Morgan fingerprint density at radius 3 is 3.11 bits per heavy atom. The predicted octanol–water partition coefficient (Wildman–Crippen LogP) is 2.17. The third kappa shape index (κ3) is 2.61. The fourth-order valence-corrected chi connectivity index (χ4v) is 2.81. The Morgan fingerprint density at radius 2 is 2.32 bits per heavy atom. The SMILES string of the molecule is NNC(c1ccc2cccnc2c1)C1CCCOC1. The van der Waals surface area contributed by atoms with Crippen molar-refractivity contribution in [3.63, 3.8) is 0 Å². The lowest BCUT2D eigenvalue weighted by Gasteiger charge is -2.30. The van der Waals surface area contributed by atoms with E-state index < -0.39 is 0 Å². The topological polar surface area (TPSA) is 60.2 Å². The van der Waals surface area contributed by atoms with E-state index in [1.807, 2.05) is 12.3 Å². The first kappa shape index (κ1) is 12.5. The van der Waals surface area contributed by atoms with Gasteiger partial charge in [-0.3, -0.25) is 16.3 Å². The average molecular weight is 257 g/mol. The highest BCUT2D eigenvalue weighted by atomic mass is 16.5. The Bertz CT molecular complexity index is 552. The third-order valence-electron chi connectivity index (χ3n) is 3.84. The van der Waals surface area contributed by atoms with Crippen LogP contribution in [0.25, 0.3) is 10.9 Å². The Kier molecular flexibility index (Phi) is 3.73. The van der Waals surface area contributed by atoms with E-state index in [1.54, 1.807) is 0 Å². The van der Waals surface area contributed by atoms with E-state index in [1.165, 1.54) is 5.56 Å². The van der Waals surface area contributed by atoms with Crippen molar-refractivity contribution in [3.8, 4) is 0 Å². The van der Waals surface area contributed by atoms with Crippen LogP contribution in [0, 0.1) is 5.92 Å². The molecule has 100 valence electrons. The number of nitrogens with two attached hydrogens (primary N) is 1. The quantitative estimate of drug-likeness (QED) is 0.653. The number of pyridine rings is 1. The molecule has 0 bridgehead atoms. The minimum Gasteiger partial charge on any atom is -0.381 e. The number of hydrogen-bond acceptors (Lipinski definition) is 4. The van der Waals surface area contributed by atoms with Gasteiger partial charge in [-0.05, 0) is 30.5 Å². The first-order chi connectivity index (χ1) is 9.38. The molecule has 2 atom stereocenters. The molecule has 0 aliphatic carbocycles. The minimum absolute atomic E-state index is 0.131. The number of rotatable bonds is 3. The van der Waals surface area contributed by atoms with Gasteiger partial charge < -0.3 is 4.74 Å². The number of hydrazine groups is 1. The summed E-state index contributed by atoms with van der Waals surface area (Å²) in [4.78, 5) is 4.40. The van der Waals surface area contributed by atoms with Crippen LogP contribution in [-0.4, -0.2) is 18.2 Å². The van der Waals surface area contributed by atoms with Gasteiger partial charge in [0.1, 0.15) is 0 Å². The lowest BCUT2D eigenvalue weighted by atomic mass is 9.89. The molecule has 2 aromatic rings. The molecule has 0 saturated carbocycles. The van der Waals surface area contributed by atoms with Gasteiger partial charge in [-0.2, -0.15) is 0 Å². The van der Waals surface area contributed by atoms with Crippen molar-refractivity contribution in [1.82, 2.24) is 10.4 Å². The molecule has 0 amide bonds. The summed E-state index contributed by atoms with van der Waals surface area (Å²) in [7, 11) is 0. The monoisotopic (exact) mass is 257 g/mol. The van der Waals surface area contributed by atoms with E-state index in [-0.39, 0.29) is 6.04 Å². The standard InChI is InChI=1S/C15H19N3O/c16-18-15(13-4-2-8-19-10-13)12-6-5-11-3-1-7-17-14(11)9-12/h1,3,5-7,9,13,15,18H,2,4,8,10,16H2. The fraction of sp³-hybridized carbons (Fsp3) is 0.400. The first-order valence-corrected chi connectivity index (χ1v) is 6.77. The normalized spacial score (nSPS) is 21.4. The second-order valence-corrected chi connectivity index (χ2v) is 5.08. The predicted molar refractivity (Wildman–Crippen MR) is 75.4 cm³/mol. The molecule has 3 N–H and O–H groups in total. The van der Waals surface area contributed by atoms with Crippen molar-refractivity contribution >= 4 is 10.9 Å². The van der Waals surface area contributed by atoms with E-state index in [0.29, 0.717) is 5.92 Å². The maximum Gasteiger partial charge on any atom is 0.0705 e. The molecule has 1 aliphatic rings. The summed E-state index contributed by atoms with van der Waals surface area (Å²) >= 11 is 0. The molecule has 0 spiro atoms. The number of benzene rings is 1. The summed E-state index contributed by atoms with van der Waals surface area (Å²) in [5, 5.41) is 1.15. The minimum atomic E-state index is 0.131. The van der Waals surface area contributed by atoms with Crippen LogP contribution >= 0.6 is 0 Å². The highest BCUT2D eigenvalue weighted by Gasteiger charge is 2.24. The van der Waals surface area contributed by atoms with Crippen LogP contribution in [0.15, 0.2) is 36.5 Å². The summed E-state index contributed by atoms with van der Waals surface area (Å²) in [6.07, 6.45) is 4.07. The van der Waals surface area contributed by atoms with Crippen molar-refractivity contribution in [1.29, 1.82) is 0 Å². The highest BCUT2D eigenvalue weighted by Crippen LogP contribution is 2.29. The first-order valence-electron chi connectivity index (χ1n) is 6.77. The molecule has 1 saturated heterocycles. The zero-order valence-electron chi connectivity index (χ0n) is 10.9. The molecular weight excluding hydrogens is 238 g/mol. The summed E-state index contributed by atoms with van der Waals surface area (Å²) in [6.45, 7) is 1.64. The van der Waals surface area contributed by atoms with Crippen molar-refractivity contribution in [2.24, 2.45) is 11.8 Å². The molecule has 0 radical (unpaired) electrons. The van der Waals surface area contributed by atoms with Crippen molar-refractivity contribution in [2.75, 3.05) is 13.2 Å². The number of fused-ring (bicyclic) bond motifs is 1. The Labute approximate surface area is 112 Å². The molecule has 1 aliphatic heterocycles. The number of nitrogens with one attached hydrogen (secondary N) is 1. The molecule has 1 aromatic carbocycles. The van der Waals surface area contributed by atoms with E-state index in [9.17, 15) is 0 Å². The van der Waals surface area contributed by atoms with Crippen LogP contribution in [0.1, 0.15) is 24.4 Å². The van der Waals surface area contributed by atoms with Crippen LogP contribution in [-0.2, 0) is 4.74 Å². The maximum absolute atomic E-state index is 5.75. The van der Waals surface area contributed by atoms with E-state index in [4.69, 9.17) is 10.6 Å². The molecule has 2 heterocycles. The molecule has 1 fully saturated rings. The number of hydrogen-bond donors (Lipinski definition) is 2. The molecule has 19 heavy (non-hydrogen) atoms. The second kappa shape index (κ2) is 5.65. The van der Waals surface area contributed by atoms with E-state index >= 15 is 0 Å². The molecular formula is C15H19N3O. The Morgan fingerprint density at radius 1 is 1.37 bits per heavy atom. The second-order valence-electron chi connectivity index (χ2n) is 5.08. The Balaban J connectivity index is 1.91. The van der Waals surface area contributed by atoms with Gasteiger partial charge in [0.25, 0.3) is 0 Å². The third-order valence-corrected chi connectivity index (χ3v) is 3.84.